The molecule has 2 heterocycles. The second kappa shape index (κ2) is 8.84. The number of aliphatic hydroxyl groups excluding tert-OH is 1. The highest BCUT2D eigenvalue weighted by Gasteiger charge is 2.24. The quantitative estimate of drug-likeness (QED) is 0.828. The molecule has 7 nitrogen and oxygen atoms in total. The van der Waals surface area contributed by atoms with Crippen molar-refractivity contribution < 1.29 is 19.4 Å². The molecule has 1 aliphatic heterocycles. The van der Waals surface area contributed by atoms with Crippen molar-refractivity contribution in [2.75, 3.05) is 32.1 Å². The number of aliphatic hydroxyl groups is 1. The first-order valence-electron chi connectivity index (χ1n) is 9.33. The van der Waals surface area contributed by atoms with Crippen LogP contribution in [0.1, 0.15) is 39.1 Å². The highest BCUT2D eigenvalue weighted by molar-refractivity contribution is 6.07. The summed E-state index contributed by atoms with van der Waals surface area (Å²) in [7, 11) is 1.48. The molecule has 7 heteroatoms. The van der Waals surface area contributed by atoms with Gasteiger partial charge in [0.15, 0.2) is 0 Å². The fraction of sp³-hybridized carbons (Fsp3) is 0.381. The van der Waals surface area contributed by atoms with E-state index in [1.165, 1.54) is 19.5 Å². The molecule has 2 amide bonds. The number of ether oxygens (including phenoxy) is 1. The van der Waals surface area contributed by atoms with Gasteiger partial charge in [-0.05, 0) is 49.4 Å². The Balaban J connectivity index is 1.79. The van der Waals surface area contributed by atoms with E-state index in [0.717, 1.165) is 18.4 Å². The first-order valence-corrected chi connectivity index (χ1v) is 9.33. The lowest BCUT2D eigenvalue weighted by molar-refractivity contribution is 0.0620. The summed E-state index contributed by atoms with van der Waals surface area (Å²) in [5, 5.41) is 12.3. The van der Waals surface area contributed by atoms with Gasteiger partial charge < -0.3 is 20.1 Å². The van der Waals surface area contributed by atoms with Gasteiger partial charge in [-0.15, -0.1) is 0 Å². The monoisotopic (exact) mass is 383 g/mol. The van der Waals surface area contributed by atoms with Crippen molar-refractivity contribution in [3.8, 4) is 5.75 Å². The van der Waals surface area contributed by atoms with Gasteiger partial charge in [0.2, 0.25) is 0 Å². The molecule has 1 unspecified atom stereocenters. The number of aromatic nitrogens is 1. The number of methoxy groups -OCH3 is 1. The summed E-state index contributed by atoms with van der Waals surface area (Å²) in [6.07, 6.45) is 4.82. The molecule has 2 N–H and O–H groups in total. The fourth-order valence-electron chi connectivity index (χ4n) is 3.39. The maximum Gasteiger partial charge on any atom is 0.259 e. The van der Waals surface area contributed by atoms with Gasteiger partial charge in [0.05, 0.1) is 18.9 Å². The van der Waals surface area contributed by atoms with E-state index < -0.39 is 0 Å². The van der Waals surface area contributed by atoms with Gasteiger partial charge in [-0.25, -0.2) is 0 Å². The van der Waals surface area contributed by atoms with Crippen molar-refractivity contribution in [3.63, 3.8) is 0 Å². The van der Waals surface area contributed by atoms with Gasteiger partial charge in [0.1, 0.15) is 5.75 Å². The van der Waals surface area contributed by atoms with Crippen LogP contribution in [0.3, 0.4) is 0 Å². The van der Waals surface area contributed by atoms with Crippen molar-refractivity contribution in [2.24, 2.45) is 5.92 Å². The average molecular weight is 383 g/mol. The number of hydrogen-bond acceptors (Lipinski definition) is 5. The van der Waals surface area contributed by atoms with Crippen LogP contribution in [-0.4, -0.2) is 53.6 Å². The number of piperidine rings is 1. The Morgan fingerprint density at radius 1 is 1.36 bits per heavy atom. The predicted molar refractivity (Wildman–Crippen MR) is 106 cm³/mol. The zero-order chi connectivity index (χ0) is 20.1. The van der Waals surface area contributed by atoms with E-state index in [1.807, 2.05) is 13.0 Å². The van der Waals surface area contributed by atoms with Crippen LogP contribution in [0.25, 0.3) is 0 Å². The van der Waals surface area contributed by atoms with Gasteiger partial charge >= 0.3 is 0 Å². The van der Waals surface area contributed by atoms with Crippen LogP contribution in [0.5, 0.6) is 5.75 Å². The van der Waals surface area contributed by atoms with E-state index in [0.29, 0.717) is 35.7 Å². The number of hydrogen-bond donors (Lipinski definition) is 2. The molecule has 3 rings (SSSR count). The molecule has 28 heavy (non-hydrogen) atoms. The molecule has 0 saturated carbocycles. The van der Waals surface area contributed by atoms with Crippen LogP contribution in [0.15, 0.2) is 36.7 Å². The van der Waals surface area contributed by atoms with Gasteiger partial charge in [-0.1, -0.05) is 6.07 Å². The first kappa shape index (κ1) is 19.8. The topological polar surface area (TPSA) is 91.8 Å². The number of nitrogens with zero attached hydrogens (tertiary/aromatic N) is 2. The molecular formula is C21H25N3O4. The van der Waals surface area contributed by atoms with E-state index >= 15 is 0 Å². The Bertz CT molecular complexity index is 868. The molecule has 0 spiro atoms. The molecule has 148 valence electrons. The Labute approximate surface area is 164 Å². The summed E-state index contributed by atoms with van der Waals surface area (Å²) >= 11 is 0. The van der Waals surface area contributed by atoms with Gasteiger partial charge in [-0.3, -0.25) is 14.6 Å². The number of pyridine rings is 1. The number of rotatable bonds is 5. The van der Waals surface area contributed by atoms with E-state index in [1.54, 1.807) is 23.1 Å². The lowest BCUT2D eigenvalue weighted by Gasteiger charge is -2.32. The van der Waals surface area contributed by atoms with E-state index in [9.17, 15) is 14.7 Å². The van der Waals surface area contributed by atoms with E-state index in [-0.39, 0.29) is 24.3 Å². The van der Waals surface area contributed by atoms with E-state index in [2.05, 4.69) is 10.3 Å². The third kappa shape index (κ3) is 4.31. The molecule has 1 saturated heterocycles. The Morgan fingerprint density at radius 2 is 2.18 bits per heavy atom. The molecule has 1 aliphatic rings. The lowest BCUT2D eigenvalue weighted by atomic mass is 9.98. The van der Waals surface area contributed by atoms with Crippen LogP contribution in [0.4, 0.5) is 5.69 Å². The van der Waals surface area contributed by atoms with E-state index in [4.69, 9.17) is 4.74 Å². The third-order valence-corrected chi connectivity index (χ3v) is 5.05. The second-order valence-corrected chi connectivity index (χ2v) is 7.00. The van der Waals surface area contributed by atoms with Crippen LogP contribution in [0.2, 0.25) is 0 Å². The Morgan fingerprint density at radius 3 is 2.93 bits per heavy atom. The normalized spacial score (nSPS) is 16.5. The zero-order valence-electron chi connectivity index (χ0n) is 16.1. The molecule has 1 aromatic heterocycles. The Kier molecular flexibility index (Phi) is 6.26. The smallest absolute Gasteiger partial charge is 0.259 e. The minimum atomic E-state index is -0.328. The maximum absolute atomic E-state index is 12.9. The minimum absolute atomic E-state index is 0.0878. The summed E-state index contributed by atoms with van der Waals surface area (Å²) in [5.41, 5.74) is 2.31. The molecule has 1 atom stereocenters. The Hall–Kier alpha value is -2.93. The highest BCUT2D eigenvalue weighted by atomic mass is 16.5. The van der Waals surface area contributed by atoms with Crippen LogP contribution in [-0.2, 0) is 0 Å². The first-order chi connectivity index (χ1) is 13.5. The van der Waals surface area contributed by atoms with Crippen LogP contribution < -0.4 is 10.1 Å². The number of nitrogens with one attached hydrogen (secondary N) is 1. The molecule has 0 bridgehead atoms. The third-order valence-electron chi connectivity index (χ3n) is 5.05. The zero-order valence-corrected chi connectivity index (χ0v) is 16.1. The number of benzene rings is 1. The standard InChI is InChI=1S/C21H25N3O4/c1-14-5-6-16(21(27)24-9-3-4-15(12-24)13-25)10-18(14)23-20(26)17-7-8-22-11-19(17)28-2/h5-8,10-11,15,25H,3-4,9,12-13H2,1-2H3,(H,23,26). The predicted octanol–water partition coefficient (Wildman–Crippen LogP) is 2.50. The molecule has 1 aromatic carbocycles. The van der Waals surface area contributed by atoms with Gasteiger partial charge in [-0.2, -0.15) is 0 Å². The summed E-state index contributed by atoms with van der Waals surface area (Å²) in [5.74, 6) is 0.0927. The second-order valence-electron chi connectivity index (χ2n) is 7.00. The molecule has 2 aromatic rings. The number of carbonyl (C=O) groups excluding carboxylic acids is 2. The van der Waals surface area contributed by atoms with Gasteiger partial charge in [0, 0.05) is 37.1 Å². The van der Waals surface area contributed by atoms with Crippen molar-refractivity contribution in [1.29, 1.82) is 0 Å². The summed E-state index contributed by atoms with van der Waals surface area (Å²) < 4.78 is 5.19. The largest absolute Gasteiger partial charge is 0.494 e. The van der Waals surface area contributed by atoms with Crippen molar-refractivity contribution in [3.05, 3.63) is 53.3 Å². The average Bonchev–Trinajstić information content (AvgIpc) is 2.74. The molecule has 1 fully saturated rings. The lowest BCUT2D eigenvalue weighted by Crippen LogP contribution is -2.41. The highest BCUT2D eigenvalue weighted by Crippen LogP contribution is 2.23. The summed E-state index contributed by atoms with van der Waals surface area (Å²) in [4.78, 5) is 31.3. The maximum atomic E-state index is 12.9. The van der Waals surface area contributed by atoms with Gasteiger partial charge in [0.25, 0.3) is 11.8 Å². The van der Waals surface area contributed by atoms with Crippen LogP contribution >= 0.6 is 0 Å². The molecular weight excluding hydrogens is 358 g/mol. The summed E-state index contributed by atoms with van der Waals surface area (Å²) in [6, 6.07) is 6.87. The fourth-order valence-corrected chi connectivity index (χ4v) is 3.39. The number of likely N-dealkylation sites (tertiary alicyclic amines) is 1. The number of amides is 2. The number of carbonyl (C=O) groups is 2. The summed E-state index contributed by atoms with van der Waals surface area (Å²) in [6.45, 7) is 3.20. The number of anilines is 1. The minimum Gasteiger partial charge on any atom is -0.494 e. The van der Waals surface area contributed by atoms with Crippen LogP contribution in [0, 0.1) is 12.8 Å². The van der Waals surface area contributed by atoms with Crippen molar-refractivity contribution in [1.82, 2.24) is 9.88 Å². The SMILES string of the molecule is COc1cnccc1C(=O)Nc1cc(C(=O)N2CCCC(CO)C2)ccc1C. The van der Waals surface area contributed by atoms with Crippen molar-refractivity contribution >= 4 is 17.5 Å². The number of aryl methyl sites for hydroxylation is 1. The van der Waals surface area contributed by atoms with Crippen molar-refractivity contribution in [2.45, 2.75) is 19.8 Å². The molecule has 0 radical (unpaired) electrons. The molecule has 0 aliphatic carbocycles.